The SMILES string of the molecule is CSc1ccc([C@H](C)NC(=O)Cc2ccccc2C)cc1. The van der Waals surface area contributed by atoms with Gasteiger partial charge in [0.15, 0.2) is 0 Å². The maximum Gasteiger partial charge on any atom is 0.224 e. The number of amides is 1. The summed E-state index contributed by atoms with van der Waals surface area (Å²) in [5.74, 6) is 0.0609. The first kappa shape index (κ1) is 15.6. The van der Waals surface area contributed by atoms with E-state index < -0.39 is 0 Å². The minimum atomic E-state index is 0.0254. The first-order chi connectivity index (χ1) is 10.1. The highest BCUT2D eigenvalue weighted by Gasteiger charge is 2.11. The van der Waals surface area contributed by atoms with Crippen molar-refractivity contribution >= 4 is 17.7 Å². The Hall–Kier alpha value is -1.74. The Morgan fingerprint density at radius 2 is 1.81 bits per heavy atom. The van der Waals surface area contributed by atoms with Crippen LogP contribution in [0.4, 0.5) is 0 Å². The van der Waals surface area contributed by atoms with Gasteiger partial charge in [0.05, 0.1) is 12.5 Å². The fraction of sp³-hybridized carbons (Fsp3) is 0.278. The monoisotopic (exact) mass is 299 g/mol. The molecule has 0 unspecified atom stereocenters. The number of carbonyl (C=O) groups is 1. The number of hydrogen-bond acceptors (Lipinski definition) is 2. The second kappa shape index (κ2) is 7.32. The van der Waals surface area contributed by atoms with Crippen molar-refractivity contribution in [1.82, 2.24) is 5.32 Å². The van der Waals surface area contributed by atoms with Crippen LogP contribution in [0.1, 0.15) is 29.7 Å². The van der Waals surface area contributed by atoms with Crippen molar-refractivity contribution in [2.45, 2.75) is 31.2 Å². The Balaban J connectivity index is 1.97. The normalized spacial score (nSPS) is 12.0. The standard InChI is InChI=1S/C18H21NOS/c1-13-6-4-5-7-16(13)12-18(20)19-14(2)15-8-10-17(21-3)11-9-15/h4-11,14H,12H2,1-3H3,(H,19,20)/t14-/m0/s1. The van der Waals surface area contributed by atoms with E-state index in [-0.39, 0.29) is 11.9 Å². The molecule has 0 fully saturated rings. The van der Waals surface area contributed by atoms with Gasteiger partial charge < -0.3 is 5.32 Å². The van der Waals surface area contributed by atoms with E-state index in [4.69, 9.17) is 0 Å². The molecular formula is C18H21NOS. The van der Waals surface area contributed by atoms with Crippen molar-refractivity contribution in [2.75, 3.05) is 6.26 Å². The summed E-state index contributed by atoms with van der Waals surface area (Å²) < 4.78 is 0. The molecule has 2 aromatic rings. The molecule has 0 aliphatic carbocycles. The lowest BCUT2D eigenvalue weighted by Crippen LogP contribution is -2.28. The predicted molar refractivity (Wildman–Crippen MR) is 89.7 cm³/mol. The number of carbonyl (C=O) groups excluding carboxylic acids is 1. The maximum absolute atomic E-state index is 12.2. The summed E-state index contributed by atoms with van der Waals surface area (Å²) in [5, 5.41) is 3.06. The van der Waals surface area contributed by atoms with Crippen LogP contribution in [0.25, 0.3) is 0 Å². The van der Waals surface area contributed by atoms with E-state index in [2.05, 4.69) is 35.8 Å². The molecule has 1 amide bonds. The number of nitrogens with one attached hydrogen (secondary N) is 1. The van der Waals surface area contributed by atoms with E-state index in [9.17, 15) is 4.79 Å². The smallest absolute Gasteiger partial charge is 0.224 e. The summed E-state index contributed by atoms with van der Waals surface area (Å²) in [6.45, 7) is 4.05. The molecule has 0 bridgehead atoms. The van der Waals surface area contributed by atoms with Crippen LogP contribution in [0.15, 0.2) is 53.4 Å². The zero-order valence-corrected chi connectivity index (χ0v) is 13.5. The zero-order valence-electron chi connectivity index (χ0n) is 12.7. The number of benzene rings is 2. The lowest BCUT2D eigenvalue weighted by Gasteiger charge is -2.15. The Morgan fingerprint density at radius 1 is 1.14 bits per heavy atom. The largest absolute Gasteiger partial charge is 0.349 e. The minimum Gasteiger partial charge on any atom is -0.349 e. The Bertz CT molecular complexity index is 607. The molecule has 0 saturated heterocycles. The lowest BCUT2D eigenvalue weighted by atomic mass is 10.0. The van der Waals surface area contributed by atoms with Crippen molar-refractivity contribution < 1.29 is 4.79 Å². The van der Waals surface area contributed by atoms with E-state index in [1.54, 1.807) is 11.8 Å². The first-order valence-corrected chi connectivity index (χ1v) is 8.30. The Morgan fingerprint density at radius 3 is 2.43 bits per heavy atom. The summed E-state index contributed by atoms with van der Waals surface area (Å²) in [5.41, 5.74) is 3.37. The molecule has 0 radical (unpaired) electrons. The average molecular weight is 299 g/mol. The molecular weight excluding hydrogens is 278 g/mol. The molecule has 21 heavy (non-hydrogen) atoms. The van der Waals surface area contributed by atoms with E-state index in [1.807, 2.05) is 38.1 Å². The topological polar surface area (TPSA) is 29.1 Å². The van der Waals surface area contributed by atoms with Crippen LogP contribution in [0.5, 0.6) is 0 Å². The predicted octanol–water partition coefficient (Wildman–Crippen LogP) is 4.14. The molecule has 1 atom stereocenters. The van der Waals surface area contributed by atoms with Crippen molar-refractivity contribution in [2.24, 2.45) is 0 Å². The molecule has 3 heteroatoms. The molecule has 2 nitrogen and oxygen atoms in total. The van der Waals surface area contributed by atoms with Gasteiger partial charge in [0.25, 0.3) is 0 Å². The number of hydrogen-bond donors (Lipinski definition) is 1. The molecule has 0 aliphatic rings. The van der Waals surface area contributed by atoms with Gasteiger partial charge in [-0.2, -0.15) is 0 Å². The van der Waals surface area contributed by atoms with Crippen LogP contribution in [-0.2, 0) is 11.2 Å². The molecule has 1 N–H and O–H groups in total. The fourth-order valence-corrected chi connectivity index (χ4v) is 2.66. The number of thioether (sulfide) groups is 1. The minimum absolute atomic E-state index is 0.0254. The Kier molecular flexibility index (Phi) is 5.45. The summed E-state index contributed by atoms with van der Waals surface area (Å²) in [4.78, 5) is 13.4. The number of aryl methyl sites for hydroxylation is 1. The van der Waals surface area contributed by atoms with Crippen molar-refractivity contribution in [1.29, 1.82) is 0 Å². The third-order valence-corrected chi connectivity index (χ3v) is 4.35. The van der Waals surface area contributed by atoms with Gasteiger partial charge in [-0.15, -0.1) is 11.8 Å². The summed E-state index contributed by atoms with van der Waals surface area (Å²) in [7, 11) is 0. The van der Waals surface area contributed by atoms with Gasteiger partial charge in [-0.05, 0) is 48.9 Å². The Labute approximate surface area is 131 Å². The summed E-state index contributed by atoms with van der Waals surface area (Å²) in [6.07, 6.45) is 2.49. The second-order valence-corrected chi connectivity index (χ2v) is 6.05. The van der Waals surface area contributed by atoms with E-state index in [0.717, 1.165) is 16.7 Å². The zero-order chi connectivity index (χ0) is 15.2. The van der Waals surface area contributed by atoms with Crippen molar-refractivity contribution in [3.63, 3.8) is 0 Å². The summed E-state index contributed by atoms with van der Waals surface area (Å²) >= 11 is 1.72. The van der Waals surface area contributed by atoms with Crippen LogP contribution in [0.2, 0.25) is 0 Å². The molecule has 0 heterocycles. The third kappa shape index (κ3) is 4.36. The van der Waals surface area contributed by atoms with Gasteiger partial charge in [-0.3, -0.25) is 4.79 Å². The van der Waals surface area contributed by atoms with E-state index in [1.165, 1.54) is 4.90 Å². The second-order valence-electron chi connectivity index (χ2n) is 5.17. The molecule has 0 spiro atoms. The van der Waals surface area contributed by atoms with Crippen LogP contribution in [-0.4, -0.2) is 12.2 Å². The van der Waals surface area contributed by atoms with Gasteiger partial charge in [0.2, 0.25) is 5.91 Å². The highest BCUT2D eigenvalue weighted by Crippen LogP contribution is 2.19. The molecule has 2 aromatic carbocycles. The molecule has 2 rings (SSSR count). The van der Waals surface area contributed by atoms with Crippen molar-refractivity contribution in [3.8, 4) is 0 Å². The lowest BCUT2D eigenvalue weighted by molar-refractivity contribution is -0.121. The van der Waals surface area contributed by atoms with E-state index in [0.29, 0.717) is 6.42 Å². The molecule has 0 aliphatic heterocycles. The van der Waals surface area contributed by atoms with Crippen LogP contribution in [0.3, 0.4) is 0 Å². The van der Waals surface area contributed by atoms with Gasteiger partial charge in [-0.1, -0.05) is 36.4 Å². The van der Waals surface area contributed by atoms with Gasteiger partial charge >= 0.3 is 0 Å². The van der Waals surface area contributed by atoms with Crippen LogP contribution in [0, 0.1) is 6.92 Å². The van der Waals surface area contributed by atoms with Crippen molar-refractivity contribution in [3.05, 3.63) is 65.2 Å². The van der Waals surface area contributed by atoms with Crippen LogP contribution >= 0.6 is 11.8 Å². The van der Waals surface area contributed by atoms with Gasteiger partial charge in [-0.25, -0.2) is 0 Å². The molecule has 110 valence electrons. The average Bonchev–Trinajstić information content (AvgIpc) is 2.49. The molecule has 0 saturated carbocycles. The highest BCUT2D eigenvalue weighted by atomic mass is 32.2. The maximum atomic E-state index is 12.2. The van der Waals surface area contributed by atoms with Crippen LogP contribution < -0.4 is 5.32 Å². The van der Waals surface area contributed by atoms with E-state index >= 15 is 0 Å². The van der Waals surface area contributed by atoms with Gasteiger partial charge in [0, 0.05) is 4.90 Å². The summed E-state index contributed by atoms with van der Waals surface area (Å²) in [6, 6.07) is 16.4. The quantitative estimate of drug-likeness (QED) is 0.841. The highest BCUT2D eigenvalue weighted by molar-refractivity contribution is 7.98. The molecule has 0 aromatic heterocycles. The number of rotatable bonds is 5. The fourth-order valence-electron chi connectivity index (χ4n) is 2.25. The third-order valence-electron chi connectivity index (χ3n) is 3.61. The first-order valence-electron chi connectivity index (χ1n) is 7.08. The van der Waals surface area contributed by atoms with Gasteiger partial charge in [0.1, 0.15) is 0 Å².